The molecule has 136 valence electrons. The van der Waals surface area contributed by atoms with Crippen molar-refractivity contribution in [3.05, 3.63) is 29.8 Å². The van der Waals surface area contributed by atoms with Crippen LogP contribution in [-0.4, -0.2) is 55.0 Å². The van der Waals surface area contributed by atoms with E-state index in [2.05, 4.69) is 29.6 Å². The second-order valence-electron chi connectivity index (χ2n) is 7.15. The number of amides is 2. The molecule has 0 bridgehead atoms. The minimum Gasteiger partial charge on any atom is -0.368 e. The van der Waals surface area contributed by atoms with Crippen molar-refractivity contribution in [2.45, 2.75) is 32.4 Å². The van der Waals surface area contributed by atoms with Gasteiger partial charge in [0.05, 0.1) is 0 Å². The molecule has 0 spiro atoms. The van der Waals surface area contributed by atoms with Crippen molar-refractivity contribution in [2.24, 2.45) is 11.7 Å². The maximum Gasteiger partial charge on any atom is 0.248 e. The van der Waals surface area contributed by atoms with Gasteiger partial charge in [0.2, 0.25) is 11.8 Å². The first-order chi connectivity index (χ1) is 12.0. The third-order valence-corrected chi connectivity index (χ3v) is 5.14. The van der Waals surface area contributed by atoms with Crippen LogP contribution >= 0.6 is 0 Å². The van der Waals surface area contributed by atoms with Gasteiger partial charge in [0.1, 0.15) is 6.04 Å². The predicted octanol–water partition coefficient (Wildman–Crippen LogP) is 0.325. The minimum absolute atomic E-state index is 0.131. The number of hydrazine groups is 1. The number of nitrogens with zero attached hydrogens (tertiary/aromatic N) is 2. The Morgan fingerprint density at radius 2 is 1.72 bits per heavy atom. The molecule has 0 aliphatic carbocycles. The molecule has 2 heterocycles. The Bertz CT molecular complexity index is 623. The van der Waals surface area contributed by atoms with E-state index in [0.29, 0.717) is 30.6 Å². The molecular weight excluding hydrogens is 318 g/mol. The number of hydrogen-bond acceptors (Lipinski definition) is 5. The van der Waals surface area contributed by atoms with Gasteiger partial charge in [-0.25, -0.2) is 5.43 Å². The lowest BCUT2D eigenvalue weighted by molar-refractivity contribution is -0.133. The van der Waals surface area contributed by atoms with Crippen molar-refractivity contribution in [1.29, 1.82) is 0 Å². The number of primary amides is 1. The molecule has 2 amide bonds. The molecule has 0 saturated carbocycles. The summed E-state index contributed by atoms with van der Waals surface area (Å²) >= 11 is 0. The van der Waals surface area contributed by atoms with Gasteiger partial charge in [-0.05, 0) is 36.6 Å². The summed E-state index contributed by atoms with van der Waals surface area (Å²) in [4.78, 5) is 28.0. The number of anilines is 1. The first kappa shape index (κ1) is 17.7. The number of carbonyl (C=O) groups is 2. The van der Waals surface area contributed by atoms with Crippen molar-refractivity contribution in [2.75, 3.05) is 31.1 Å². The molecule has 1 aromatic rings. The minimum atomic E-state index is -0.417. The lowest BCUT2D eigenvalue weighted by Crippen LogP contribution is -2.53. The van der Waals surface area contributed by atoms with Crippen LogP contribution < -0.4 is 21.5 Å². The SMILES string of the molecule is CC(C)C1CC(C(=O)N2CCN(c3ccc(C(N)=O)cc3)CC2)NN1. The molecule has 2 fully saturated rings. The number of nitrogens with two attached hydrogens (primary N) is 1. The van der Waals surface area contributed by atoms with Crippen LogP contribution in [0.2, 0.25) is 0 Å². The van der Waals surface area contributed by atoms with Crippen LogP contribution in [0.5, 0.6) is 0 Å². The summed E-state index contributed by atoms with van der Waals surface area (Å²) in [5.41, 5.74) is 13.2. The Morgan fingerprint density at radius 3 is 2.24 bits per heavy atom. The number of nitrogens with one attached hydrogen (secondary N) is 2. The van der Waals surface area contributed by atoms with E-state index in [1.54, 1.807) is 12.1 Å². The second kappa shape index (κ2) is 7.41. The second-order valence-corrected chi connectivity index (χ2v) is 7.15. The summed E-state index contributed by atoms with van der Waals surface area (Å²) in [5.74, 6) is 0.268. The van der Waals surface area contributed by atoms with Crippen LogP contribution in [0.15, 0.2) is 24.3 Å². The zero-order valence-electron chi connectivity index (χ0n) is 14.9. The van der Waals surface area contributed by atoms with E-state index in [9.17, 15) is 9.59 Å². The molecule has 4 N–H and O–H groups in total. The van der Waals surface area contributed by atoms with Gasteiger partial charge in [-0.2, -0.15) is 0 Å². The van der Waals surface area contributed by atoms with E-state index >= 15 is 0 Å². The van der Waals surface area contributed by atoms with E-state index in [0.717, 1.165) is 25.2 Å². The van der Waals surface area contributed by atoms with Crippen LogP contribution in [0.1, 0.15) is 30.6 Å². The van der Waals surface area contributed by atoms with E-state index < -0.39 is 5.91 Å². The first-order valence-electron chi connectivity index (χ1n) is 8.90. The smallest absolute Gasteiger partial charge is 0.248 e. The average Bonchev–Trinajstić information content (AvgIpc) is 3.12. The van der Waals surface area contributed by atoms with Gasteiger partial charge >= 0.3 is 0 Å². The van der Waals surface area contributed by atoms with Crippen LogP contribution in [0.4, 0.5) is 5.69 Å². The lowest BCUT2D eigenvalue weighted by Gasteiger charge is -2.37. The summed E-state index contributed by atoms with van der Waals surface area (Å²) in [6.07, 6.45) is 0.839. The fourth-order valence-electron chi connectivity index (χ4n) is 3.42. The number of carbonyl (C=O) groups excluding carboxylic acids is 2. The number of benzene rings is 1. The fourth-order valence-corrected chi connectivity index (χ4v) is 3.42. The maximum atomic E-state index is 12.7. The Labute approximate surface area is 148 Å². The summed E-state index contributed by atoms with van der Waals surface area (Å²) in [6.45, 7) is 7.32. The maximum absolute atomic E-state index is 12.7. The molecule has 2 aliphatic heterocycles. The van der Waals surface area contributed by atoms with Crippen molar-refractivity contribution < 1.29 is 9.59 Å². The van der Waals surface area contributed by atoms with Crippen LogP contribution in [0, 0.1) is 5.92 Å². The average molecular weight is 345 g/mol. The highest BCUT2D eigenvalue weighted by molar-refractivity contribution is 5.93. The highest BCUT2D eigenvalue weighted by atomic mass is 16.2. The molecule has 2 unspecified atom stereocenters. The molecule has 0 radical (unpaired) electrons. The van der Waals surface area contributed by atoms with Crippen LogP contribution in [0.3, 0.4) is 0 Å². The Hall–Kier alpha value is -2.12. The van der Waals surface area contributed by atoms with Gasteiger partial charge in [0.25, 0.3) is 0 Å². The standard InChI is InChI=1S/C18H27N5O2/c1-12(2)15-11-16(21-20-15)18(25)23-9-7-22(8-10-23)14-5-3-13(4-6-14)17(19)24/h3-6,12,15-16,20-21H,7-11H2,1-2H3,(H2,19,24). The molecule has 2 saturated heterocycles. The highest BCUT2D eigenvalue weighted by Gasteiger charge is 2.34. The Morgan fingerprint density at radius 1 is 1.08 bits per heavy atom. The van der Waals surface area contributed by atoms with Gasteiger partial charge in [-0.15, -0.1) is 0 Å². The topological polar surface area (TPSA) is 90.7 Å². The summed E-state index contributed by atoms with van der Waals surface area (Å²) in [6, 6.07) is 7.53. The van der Waals surface area contributed by atoms with Crippen LogP contribution in [-0.2, 0) is 4.79 Å². The molecule has 1 aromatic carbocycles. The fraction of sp³-hybridized carbons (Fsp3) is 0.556. The van der Waals surface area contributed by atoms with Crippen molar-refractivity contribution in [3.63, 3.8) is 0 Å². The number of hydrogen-bond donors (Lipinski definition) is 3. The highest BCUT2D eigenvalue weighted by Crippen LogP contribution is 2.19. The van der Waals surface area contributed by atoms with Crippen LogP contribution in [0.25, 0.3) is 0 Å². The zero-order valence-corrected chi connectivity index (χ0v) is 14.9. The molecular formula is C18H27N5O2. The summed E-state index contributed by atoms with van der Waals surface area (Å²) < 4.78 is 0. The van der Waals surface area contributed by atoms with Gasteiger partial charge in [-0.1, -0.05) is 13.8 Å². The molecule has 3 rings (SSSR count). The lowest BCUT2D eigenvalue weighted by atomic mass is 9.99. The molecule has 7 heteroatoms. The quantitative estimate of drug-likeness (QED) is 0.731. The van der Waals surface area contributed by atoms with E-state index in [4.69, 9.17) is 5.73 Å². The van der Waals surface area contributed by atoms with E-state index in [1.807, 2.05) is 17.0 Å². The molecule has 25 heavy (non-hydrogen) atoms. The largest absolute Gasteiger partial charge is 0.368 e. The Balaban J connectivity index is 1.53. The van der Waals surface area contributed by atoms with Gasteiger partial charge in [-0.3, -0.25) is 15.0 Å². The molecule has 0 aromatic heterocycles. The third kappa shape index (κ3) is 3.93. The Kier molecular flexibility index (Phi) is 5.24. The van der Waals surface area contributed by atoms with Gasteiger partial charge in [0.15, 0.2) is 0 Å². The van der Waals surface area contributed by atoms with E-state index in [-0.39, 0.29) is 11.9 Å². The monoisotopic (exact) mass is 345 g/mol. The first-order valence-corrected chi connectivity index (χ1v) is 8.90. The molecule has 2 aliphatic rings. The number of piperazine rings is 1. The molecule has 2 atom stereocenters. The number of rotatable bonds is 4. The third-order valence-electron chi connectivity index (χ3n) is 5.14. The van der Waals surface area contributed by atoms with Crippen molar-refractivity contribution in [1.82, 2.24) is 15.8 Å². The predicted molar refractivity (Wildman–Crippen MR) is 97.1 cm³/mol. The van der Waals surface area contributed by atoms with Crippen molar-refractivity contribution in [3.8, 4) is 0 Å². The van der Waals surface area contributed by atoms with E-state index in [1.165, 1.54) is 0 Å². The summed E-state index contributed by atoms with van der Waals surface area (Å²) in [7, 11) is 0. The summed E-state index contributed by atoms with van der Waals surface area (Å²) in [5, 5.41) is 0. The van der Waals surface area contributed by atoms with Gasteiger partial charge in [0, 0.05) is 43.5 Å². The van der Waals surface area contributed by atoms with Gasteiger partial charge < -0.3 is 15.5 Å². The normalized spacial score (nSPS) is 24.0. The molecule has 7 nitrogen and oxygen atoms in total. The van der Waals surface area contributed by atoms with Crippen molar-refractivity contribution >= 4 is 17.5 Å². The zero-order chi connectivity index (χ0) is 18.0.